The largest absolute Gasteiger partial charge is 0.381 e. The molecule has 3 rings (SSSR count). The highest BCUT2D eigenvalue weighted by Gasteiger charge is 2.23. The molecule has 1 aromatic heterocycles. The lowest BCUT2D eigenvalue weighted by Crippen LogP contribution is -2.27. The molecule has 2 atom stereocenters. The van der Waals surface area contributed by atoms with Crippen molar-refractivity contribution in [1.29, 1.82) is 5.26 Å². The molecule has 1 N–H and O–H groups in total. The Labute approximate surface area is 117 Å². The second-order valence-corrected chi connectivity index (χ2v) is 6.05. The van der Waals surface area contributed by atoms with Crippen molar-refractivity contribution in [3.63, 3.8) is 0 Å². The van der Waals surface area contributed by atoms with Crippen LogP contribution in [0.2, 0.25) is 0 Å². The second kappa shape index (κ2) is 5.58. The molecule has 1 heterocycles. The summed E-state index contributed by atoms with van der Waals surface area (Å²) in [5.41, 5.74) is 4.04. The Morgan fingerprint density at radius 1 is 1.26 bits per heavy atom. The highest BCUT2D eigenvalue weighted by atomic mass is 32.1. The van der Waals surface area contributed by atoms with E-state index in [0.717, 1.165) is 24.0 Å². The van der Waals surface area contributed by atoms with Crippen molar-refractivity contribution in [1.82, 2.24) is 4.98 Å². The monoisotopic (exact) mass is 271 g/mol. The lowest BCUT2D eigenvalue weighted by Gasteiger charge is -2.22. The molecule has 0 radical (unpaired) electrons. The van der Waals surface area contributed by atoms with Crippen molar-refractivity contribution in [2.45, 2.75) is 38.1 Å². The van der Waals surface area contributed by atoms with E-state index < -0.39 is 0 Å². The lowest BCUT2D eigenvalue weighted by molar-refractivity contribution is 0.514. The van der Waals surface area contributed by atoms with Crippen LogP contribution >= 0.6 is 11.3 Å². The second-order valence-electron chi connectivity index (χ2n) is 5.16. The van der Waals surface area contributed by atoms with Gasteiger partial charge in [0.2, 0.25) is 0 Å². The zero-order valence-electron chi connectivity index (χ0n) is 10.8. The first-order valence-electron chi connectivity index (χ1n) is 6.86. The van der Waals surface area contributed by atoms with Gasteiger partial charge in [0.1, 0.15) is 0 Å². The number of benzene rings is 1. The van der Waals surface area contributed by atoms with Crippen molar-refractivity contribution in [3.05, 3.63) is 23.7 Å². The average Bonchev–Trinajstić information content (AvgIpc) is 2.78. The predicted octanol–water partition coefficient (Wildman–Crippen LogP) is 4.18. The number of thiazole rings is 1. The molecule has 2 aromatic rings. The van der Waals surface area contributed by atoms with E-state index in [0.29, 0.717) is 0 Å². The number of fused-ring (bicyclic) bond motifs is 1. The molecule has 2 unspecified atom stereocenters. The highest BCUT2D eigenvalue weighted by molar-refractivity contribution is 7.16. The van der Waals surface area contributed by atoms with Crippen molar-refractivity contribution in [3.8, 4) is 6.07 Å². The van der Waals surface area contributed by atoms with E-state index >= 15 is 0 Å². The fourth-order valence-electron chi connectivity index (χ4n) is 2.79. The standard InChI is InChI=1S/C15H17N3S/c16-9-11-4-2-1-3-5-13(11)18-12-6-7-14-15(8-12)19-10-17-14/h6-8,10-11,13,18H,1-5H2. The normalized spacial score (nSPS) is 23.7. The minimum absolute atomic E-state index is 0.139. The van der Waals surface area contributed by atoms with E-state index in [9.17, 15) is 5.26 Å². The maximum absolute atomic E-state index is 9.31. The third kappa shape index (κ3) is 2.71. The van der Waals surface area contributed by atoms with E-state index in [1.54, 1.807) is 11.3 Å². The van der Waals surface area contributed by atoms with Gasteiger partial charge in [-0.25, -0.2) is 4.98 Å². The smallest absolute Gasteiger partial charge is 0.0813 e. The van der Waals surface area contributed by atoms with Gasteiger partial charge in [0.25, 0.3) is 0 Å². The average molecular weight is 271 g/mol. The van der Waals surface area contributed by atoms with Crippen LogP contribution < -0.4 is 5.32 Å². The zero-order valence-corrected chi connectivity index (χ0v) is 11.6. The number of aromatic nitrogens is 1. The summed E-state index contributed by atoms with van der Waals surface area (Å²) < 4.78 is 1.20. The van der Waals surface area contributed by atoms with Gasteiger partial charge in [-0.3, -0.25) is 0 Å². The topological polar surface area (TPSA) is 48.7 Å². The first-order chi connectivity index (χ1) is 9.36. The van der Waals surface area contributed by atoms with E-state index in [1.165, 1.54) is 24.0 Å². The van der Waals surface area contributed by atoms with Crippen LogP contribution in [0.25, 0.3) is 10.2 Å². The predicted molar refractivity (Wildman–Crippen MR) is 79.2 cm³/mol. The minimum Gasteiger partial charge on any atom is -0.381 e. The van der Waals surface area contributed by atoms with Crippen LogP contribution in [-0.2, 0) is 0 Å². The Balaban J connectivity index is 1.80. The number of anilines is 1. The molecule has 3 nitrogen and oxygen atoms in total. The number of hydrogen-bond donors (Lipinski definition) is 1. The molecule has 1 aliphatic carbocycles. The summed E-state index contributed by atoms with van der Waals surface area (Å²) in [7, 11) is 0. The van der Waals surface area contributed by atoms with Crippen molar-refractivity contribution in [2.24, 2.45) is 5.92 Å². The van der Waals surface area contributed by atoms with Crippen molar-refractivity contribution in [2.75, 3.05) is 5.32 Å². The van der Waals surface area contributed by atoms with Crippen LogP contribution in [0.5, 0.6) is 0 Å². The summed E-state index contributed by atoms with van der Waals surface area (Å²) in [5, 5.41) is 12.9. The molecule has 1 fully saturated rings. The van der Waals surface area contributed by atoms with Gasteiger partial charge in [-0.15, -0.1) is 11.3 Å². The molecule has 1 aliphatic rings. The van der Waals surface area contributed by atoms with Crippen LogP contribution in [0.1, 0.15) is 32.1 Å². The molecule has 0 aliphatic heterocycles. The first-order valence-corrected chi connectivity index (χ1v) is 7.74. The summed E-state index contributed by atoms with van der Waals surface area (Å²) in [6, 6.07) is 9.03. The van der Waals surface area contributed by atoms with Gasteiger partial charge in [-0.1, -0.05) is 19.3 Å². The highest BCUT2D eigenvalue weighted by Crippen LogP contribution is 2.28. The summed E-state index contributed by atoms with van der Waals surface area (Å²) in [4.78, 5) is 4.29. The summed E-state index contributed by atoms with van der Waals surface area (Å²) in [5.74, 6) is 0.139. The molecule has 1 saturated carbocycles. The maximum atomic E-state index is 9.31. The lowest BCUT2D eigenvalue weighted by atomic mass is 9.96. The molecule has 0 spiro atoms. The zero-order chi connectivity index (χ0) is 13.1. The number of rotatable bonds is 2. The molecule has 0 amide bonds. The van der Waals surface area contributed by atoms with Gasteiger partial charge >= 0.3 is 0 Å². The van der Waals surface area contributed by atoms with Crippen LogP contribution in [0.15, 0.2) is 23.7 Å². The molecular weight excluding hydrogens is 254 g/mol. The maximum Gasteiger partial charge on any atom is 0.0813 e. The van der Waals surface area contributed by atoms with Gasteiger partial charge in [-0.05, 0) is 31.0 Å². The molecular formula is C15H17N3S. The Morgan fingerprint density at radius 3 is 3.05 bits per heavy atom. The Bertz CT molecular complexity index is 599. The van der Waals surface area contributed by atoms with E-state index in [1.807, 2.05) is 11.6 Å². The number of nitrogens with one attached hydrogen (secondary N) is 1. The molecule has 0 saturated heterocycles. The van der Waals surface area contributed by atoms with Gasteiger partial charge in [0, 0.05) is 11.7 Å². The fraction of sp³-hybridized carbons (Fsp3) is 0.467. The molecule has 4 heteroatoms. The summed E-state index contributed by atoms with van der Waals surface area (Å²) in [6.45, 7) is 0. The van der Waals surface area contributed by atoms with E-state index in [-0.39, 0.29) is 12.0 Å². The van der Waals surface area contributed by atoms with E-state index in [2.05, 4.69) is 28.5 Å². The fourth-order valence-corrected chi connectivity index (χ4v) is 3.51. The van der Waals surface area contributed by atoms with Crippen LogP contribution in [0.4, 0.5) is 5.69 Å². The van der Waals surface area contributed by atoms with Gasteiger partial charge in [0.15, 0.2) is 0 Å². The first kappa shape index (κ1) is 12.4. The van der Waals surface area contributed by atoms with Crippen LogP contribution in [0, 0.1) is 17.2 Å². The Hall–Kier alpha value is -1.60. The van der Waals surface area contributed by atoms with Crippen molar-refractivity contribution < 1.29 is 0 Å². The third-order valence-electron chi connectivity index (χ3n) is 3.87. The number of hydrogen-bond acceptors (Lipinski definition) is 4. The number of nitrogens with zero attached hydrogens (tertiary/aromatic N) is 2. The summed E-state index contributed by atoms with van der Waals surface area (Å²) in [6.07, 6.45) is 5.78. The van der Waals surface area contributed by atoms with Gasteiger partial charge in [0.05, 0.1) is 27.7 Å². The SMILES string of the molecule is N#CC1CCCCCC1Nc1ccc2ncsc2c1. The minimum atomic E-state index is 0.139. The molecule has 1 aromatic carbocycles. The molecule has 0 bridgehead atoms. The third-order valence-corrected chi connectivity index (χ3v) is 4.66. The molecule has 98 valence electrons. The quantitative estimate of drug-likeness (QED) is 0.833. The van der Waals surface area contributed by atoms with Gasteiger partial charge in [-0.2, -0.15) is 5.26 Å². The van der Waals surface area contributed by atoms with Crippen LogP contribution in [0.3, 0.4) is 0 Å². The van der Waals surface area contributed by atoms with Gasteiger partial charge < -0.3 is 5.32 Å². The summed E-state index contributed by atoms with van der Waals surface area (Å²) >= 11 is 1.66. The van der Waals surface area contributed by atoms with E-state index in [4.69, 9.17) is 0 Å². The Kier molecular flexibility index (Phi) is 3.65. The molecule has 19 heavy (non-hydrogen) atoms. The van der Waals surface area contributed by atoms with Crippen molar-refractivity contribution >= 4 is 27.2 Å². The van der Waals surface area contributed by atoms with Crippen LogP contribution in [-0.4, -0.2) is 11.0 Å². The number of nitriles is 1. The Morgan fingerprint density at radius 2 is 2.16 bits per heavy atom.